The molecule has 0 aliphatic heterocycles. The molecule has 1 unspecified atom stereocenters. The van der Waals surface area contributed by atoms with E-state index in [-0.39, 0.29) is 29.1 Å². The molecule has 1 aliphatic carbocycles. The minimum Gasteiger partial charge on any atom is -0.486 e. The number of rotatable bonds is 7. The molecule has 1 aliphatic rings. The van der Waals surface area contributed by atoms with E-state index in [0.717, 1.165) is 12.8 Å². The fourth-order valence-corrected chi connectivity index (χ4v) is 2.01. The summed E-state index contributed by atoms with van der Waals surface area (Å²) < 4.78 is 5.40. The number of nitro groups is 1. The first-order valence-corrected chi connectivity index (χ1v) is 6.71. The molecule has 106 valence electrons. The van der Waals surface area contributed by atoms with Gasteiger partial charge in [-0.3, -0.25) is 15.4 Å². The van der Waals surface area contributed by atoms with E-state index >= 15 is 0 Å². The molecule has 1 fully saturated rings. The van der Waals surface area contributed by atoms with E-state index in [1.165, 1.54) is 18.2 Å². The number of hydrogen-bond donors (Lipinski definition) is 1. The minimum atomic E-state index is -0.536. The zero-order valence-electron chi connectivity index (χ0n) is 10.7. The topological polar surface area (TPSA) is 88.2 Å². The fraction of sp³-hybridized carbons (Fsp3) is 0.462. The third-order valence-electron chi connectivity index (χ3n) is 2.97. The monoisotopic (exact) mass is 295 g/mol. The van der Waals surface area contributed by atoms with E-state index in [1.807, 2.05) is 0 Å². The van der Waals surface area contributed by atoms with Gasteiger partial charge in [0, 0.05) is 18.5 Å². The summed E-state index contributed by atoms with van der Waals surface area (Å²) in [7, 11) is 0. The minimum absolute atomic E-state index is 0.0577. The first-order chi connectivity index (χ1) is 9.61. The summed E-state index contributed by atoms with van der Waals surface area (Å²) in [6.07, 6.45) is 2.64. The average molecular weight is 296 g/mol. The predicted octanol–water partition coefficient (Wildman–Crippen LogP) is 2.66. The van der Waals surface area contributed by atoms with Crippen molar-refractivity contribution >= 4 is 17.3 Å². The van der Waals surface area contributed by atoms with Crippen molar-refractivity contribution in [1.82, 2.24) is 5.32 Å². The molecule has 1 N–H and O–H groups in total. The van der Waals surface area contributed by atoms with Gasteiger partial charge in [0.05, 0.1) is 28.7 Å². The second-order valence-electron chi connectivity index (χ2n) is 4.60. The number of nitrogens with zero attached hydrogens (tertiary/aromatic N) is 2. The molecule has 0 spiro atoms. The molecule has 7 heteroatoms. The van der Waals surface area contributed by atoms with Gasteiger partial charge >= 0.3 is 5.69 Å². The number of nitro benzene ring substituents is 1. The van der Waals surface area contributed by atoms with Crippen molar-refractivity contribution in [2.75, 3.05) is 6.61 Å². The lowest BCUT2D eigenvalue weighted by atomic mass is 10.2. The zero-order chi connectivity index (χ0) is 14.5. The number of ether oxygens (including phenoxy) is 1. The van der Waals surface area contributed by atoms with Crippen LogP contribution in [0, 0.1) is 21.4 Å². The Morgan fingerprint density at radius 2 is 2.35 bits per heavy atom. The van der Waals surface area contributed by atoms with Crippen molar-refractivity contribution in [3.8, 4) is 11.8 Å². The highest BCUT2D eigenvalue weighted by atomic mass is 35.5. The Morgan fingerprint density at radius 1 is 1.60 bits per heavy atom. The van der Waals surface area contributed by atoms with Crippen LogP contribution in [-0.4, -0.2) is 23.6 Å². The van der Waals surface area contributed by atoms with Gasteiger partial charge in [0.2, 0.25) is 5.75 Å². The van der Waals surface area contributed by atoms with E-state index in [9.17, 15) is 10.1 Å². The molecule has 0 heterocycles. The van der Waals surface area contributed by atoms with Crippen LogP contribution in [0.1, 0.15) is 19.3 Å². The Balaban J connectivity index is 1.93. The predicted molar refractivity (Wildman–Crippen MR) is 73.8 cm³/mol. The maximum atomic E-state index is 10.9. The Bertz CT molecular complexity index is 540. The maximum Gasteiger partial charge on any atom is 0.312 e. The largest absolute Gasteiger partial charge is 0.486 e. The van der Waals surface area contributed by atoms with Gasteiger partial charge in [-0.2, -0.15) is 5.26 Å². The second kappa shape index (κ2) is 6.55. The van der Waals surface area contributed by atoms with Crippen LogP contribution >= 0.6 is 11.6 Å². The van der Waals surface area contributed by atoms with Crippen LogP contribution in [0.25, 0.3) is 0 Å². The number of nitrogens with one attached hydrogen (secondary N) is 1. The zero-order valence-corrected chi connectivity index (χ0v) is 11.5. The van der Waals surface area contributed by atoms with E-state index < -0.39 is 4.92 Å². The van der Waals surface area contributed by atoms with E-state index in [2.05, 4.69) is 11.4 Å². The molecule has 0 amide bonds. The van der Waals surface area contributed by atoms with E-state index in [1.54, 1.807) is 0 Å². The molecule has 0 radical (unpaired) electrons. The summed E-state index contributed by atoms with van der Waals surface area (Å²) in [4.78, 5) is 10.3. The van der Waals surface area contributed by atoms with Gasteiger partial charge in [-0.25, -0.2) is 0 Å². The lowest BCUT2D eigenvalue weighted by molar-refractivity contribution is -0.385. The molecule has 6 nitrogen and oxygen atoms in total. The molecule has 1 aromatic rings. The number of para-hydroxylation sites is 1. The Labute approximate surface area is 121 Å². The van der Waals surface area contributed by atoms with Crippen LogP contribution in [0.4, 0.5) is 5.69 Å². The Morgan fingerprint density at radius 3 is 2.95 bits per heavy atom. The number of halogens is 1. The third-order valence-corrected chi connectivity index (χ3v) is 3.26. The van der Waals surface area contributed by atoms with Gasteiger partial charge in [0.25, 0.3) is 0 Å². The molecule has 0 aromatic heterocycles. The van der Waals surface area contributed by atoms with Crippen LogP contribution in [0.2, 0.25) is 5.02 Å². The summed E-state index contributed by atoms with van der Waals surface area (Å²) in [5.41, 5.74) is -0.166. The van der Waals surface area contributed by atoms with Crippen molar-refractivity contribution in [2.45, 2.75) is 31.3 Å². The highest BCUT2D eigenvalue weighted by Crippen LogP contribution is 2.34. The van der Waals surface area contributed by atoms with Crippen LogP contribution in [0.3, 0.4) is 0 Å². The summed E-state index contributed by atoms with van der Waals surface area (Å²) >= 11 is 5.91. The molecular weight excluding hydrogens is 282 g/mol. The van der Waals surface area contributed by atoms with Crippen LogP contribution < -0.4 is 10.1 Å². The van der Waals surface area contributed by atoms with Gasteiger partial charge in [-0.15, -0.1) is 0 Å². The third kappa shape index (κ3) is 3.83. The summed E-state index contributed by atoms with van der Waals surface area (Å²) in [6, 6.07) is 6.65. The van der Waals surface area contributed by atoms with Crippen LogP contribution in [0.15, 0.2) is 18.2 Å². The molecular formula is C13H14ClN3O3. The second-order valence-corrected chi connectivity index (χ2v) is 5.01. The molecule has 20 heavy (non-hydrogen) atoms. The normalized spacial score (nSPS) is 15.4. The highest BCUT2D eigenvalue weighted by molar-refractivity contribution is 6.32. The molecule has 0 bridgehead atoms. The number of hydrogen-bond acceptors (Lipinski definition) is 5. The van der Waals surface area contributed by atoms with E-state index in [4.69, 9.17) is 21.6 Å². The van der Waals surface area contributed by atoms with Gasteiger partial charge in [0.15, 0.2) is 0 Å². The van der Waals surface area contributed by atoms with Crippen molar-refractivity contribution in [3.63, 3.8) is 0 Å². The van der Waals surface area contributed by atoms with Crippen molar-refractivity contribution < 1.29 is 9.66 Å². The Hall–Kier alpha value is -1.84. The lowest BCUT2D eigenvalue weighted by Crippen LogP contribution is -2.31. The summed E-state index contributed by atoms with van der Waals surface area (Å²) in [5.74, 6) is 0.0577. The molecule has 1 saturated carbocycles. The molecule has 1 aromatic carbocycles. The Kier molecular flexibility index (Phi) is 4.77. The van der Waals surface area contributed by atoms with Crippen molar-refractivity contribution in [3.05, 3.63) is 33.3 Å². The highest BCUT2D eigenvalue weighted by Gasteiger charge is 2.25. The van der Waals surface area contributed by atoms with Crippen LogP contribution in [0.5, 0.6) is 5.75 Å². The van der Waals surface area contributed by atoms with Gasteiger partial charge < -0.3 is 4.74 Å². The number of benzene rings is 1. The van der Waals surface area contributed by atoms with Gasteiger partial charge in [-0.05, 0) is 18.9 Å². The molecule has 0 saturated heterocycles. The van der Waals surface area contributed by atoms with Gasteiger partial charge in [0.1, 0.15) is 0 Å². The first kappa shape index (κ1) is 14.6. The first-order valence-electron chi connectivity index (χ1n) is 6.33. The van der Waals surface area contributed by atoms with E-state index in [0.29, 0.717) is 12.5 Å². The van der Waals surface area contributed by atoms with Crippen molar-refractivity contribution in [2.24, 2.45) is 0 Å². The van der Waals surface area contributed by atoms with Crippen LogP contribution in [-0.2, 0) is 0 Å². The quantitative estimate of drug-likeness (QED) is 0.617. The molecule has 2 rings (SSSR count). The standard InChI is InChI=1S/C13H14ClN3O3/c14-11-2-1-3-12(17(18)19)13(11)20-7-6-10(8-15)16-9-4-5-9/h1-3,9-10,16H,4-7H2. The lowest BCUT2D eigenvalue weighted by Gasteiger charge is -2.12. The van der Waals surface area contributed by atoms with Gasteiger partial charge in [-0.1, -0.05) is 17.7 Å². The maximum absolute atomic E-state index is 10.9. The van der Waals surface area contributed by atoms with Crippen molar-refractivity contribution in [1.29, 1.82) is 5.26 Å². The SMILES string of the molecule is N#CC(CCOc1c(Cl)cccc1[N+](=O)[O-])NC1CC1. The number of nitriles is 1. The molecule has 1 atom stereocenters. The smallest absolute Gasteiger partial charge is 0.312 e. The fourth-order valence-electron chi connectivity index (χ4n) is 1.78. The average Bonchev–Trinajstić information content (AvgIpc) is 3.23. The summed E-state index contributed by atoms with van der Waals surface area (Å²) in [6.45, 7) is 0.197. The summed E-state index contributed by atoms with van der Waals surface area (Å²) in [5, 5.41) is 23.2.